The predicted molar refractivity (Wildman–Crippen MR) is 82.8 cm³/mol. The molecule has 0 amide bonds. The van der Waals surface area contributed by atoms with Crippen LogP contribution in [0.2, 0.25) is 0 Å². The molecule has 0 aromatic heterocycles. The largest absolute Gasteiger partial charge is 0.494 e. The van der Waals surface area contributed by atoms with E-state index in [9.17, 15) is 9.59 Å². The van der Waals surface area contributed by atoms with Crippen LogP contribution < -0.4 is 4.74 Å². The summed E-state index contributed by atoms with van der Waals surface area (Å²) in [6.07, 6.45) is 2.79. The van der Waals surface area contributed by atoms with Crippen molar-refractivity contribution in [2.45, 2.75) is 19.8 Å². The molecule has 0 spiro atoms. The van der Waals surface area contributed by atoms with Gasteiger partial charge in [0.25, 0.3) is 0 Å². The second kappa shape index (κ2) is 9.60. The van der Waals surface area contributed by atoms with Crippen molar-refractivity contribution in [2.24, 2.45) is 5.92 Å². The Labute approximate surface area is 130 Å². The van der Waals surface area contributed by atoms with E-state index in [1.807, 2.05) is 0 Å². The van der Waals surface area contributed by atoms with Gasteiger partial charge in [0.15, 0.2) is 0 Å². The van der Waals surface area contributed by atoms with E-state index in [0.29, 0.717) is 30.4 Å². The first-order valence-electron chi connectivity index (χ1n) is 7.17. The minimum atomic E-state index is -0.394. The average Bonchev–Trinajstić information content (AvgIpc) is 2.54. The molecular formula is C17H22O5. The van der Waals surface area contributed by atoms with Crippen LogP contribution in [-0.4, -0.2) is 32.3 Å². The molecule has 0 bridgehead atoms. The Hall–Kier alpha value is -2.30. The summed E-state index contributed by atoms with van der Waals surface area (Å²) in [5, 5.41) is 0. The standard InChI is InChI=1S/C17H22O5/c1-4-16(18)22-12-10-13(2)9-11-21-15-7-5-14(6-8-15)17(19)20-3/h4-8,13H,1,9-12H2,2-3H3. The first kappa shape index (κ1) is 17.8. The zero-order valence-electron chi connectivity index (χ0n) is 13.0. The van der Waals surface area contributed by atoms with E-state index in [2.05, 4.69) is 18.2 Å². The SMILES string of the molecule is C=CC(=O)OCCC(C)CCOc1ccc(C(=O)OC)cc1. The van der Waals surface area contributed by atoms with Crippen molar-refractivity contribution in [1.82, 2.24) is 0 Å². The van der Waals surface area contributed by atoms with Gasteiger partial charge in [-0.3, -0.25) is 0 Å². The average molecular weight is 306 g/mol. The van der Waals surface area contributed by atoms with Gasteiger partial charge in [-0.05, 0) is 43.0 Å². The fourth-order valence-corrected chi connectivity index (χ4v) is 1.75. The second-order valence-electron chi connectivity index (χ2n) is 4.92. The first-order valence-corrected chi connectivity index (χ1v) is 7.17. The molecule has 0 N–H and O–H groups in total. The van der Waals surface area contributed by atoms with Crippen LogP contribution in [0.1, 0.15) is 30.1 Å². The van der Waals surface area contributed by atoms with E-state index in [4.69, 9.17) is 9.47 Å². The van der Waals surface area contributed by atoms with E-state index in [1.54, 1.807) is 24.3 Å². The Kier molecular flexibility index (Phi) is 7.75. The lowest BCUT2D eigenvalue weighted by atomic mass is 10.1. The van der Waals surface area contributed by atoms with Crippen molar-refractivity contribution >= 4 is 11.9 Å². The third-order valence-corrected chi connectivity index (χ3v) is 3.18. The Bertz CT molecular complexity index is 492. The zero-order valence-corrected chi connectivity index (χ0v) is 13.0. The Morgan fingerprint density at radius 3 is 2.41 bits per heavy atom. The Morgan fingerprint density at radius 2 is 1.82 bits per heavy atom. The van der Waals surface area contributed by atoms with Crippen LogP contribution in [0.3, 0.4) is 0 Å². The van der Waals surface area contributed by atoms with Gasteiger partial charge in [-0.2, -0.15) is 0 Å². The van der Waals surface area contributed by atoms with Gasteiger partial charge in [-0.1, -0.05) is 13.5 Å². The van der Waals surface area contributed by atoms with Crippen molar-refractivity contribution in [1.29, 1.82) is 0 Å². The molecule has 0 radical (unpaired) electrons. The summed E-state index contributed by atoms with van der Waals surface area (Å²) < 4.78 is 15.2. The van der Waals surface area contributed by atoms with Crippen LogP contribution in [0, 0.1) is 5.92 Å². The van der Waals surface area contributed by atoms with E-state index in [-0.39, 0.29) is 5.97 Å². The molecule has 120 valence electrons. The molecule has 5 nitrogen and oxygen atoms in total. The fraction of sp³-hybridized carbons (Fsp3) is 0.412. The number of methoxy groups -OCH3 is 1. The molecule has 0 saturated carbocycles. The summed E-state index contributed by atoms with van der Waals surface area (Å²) in [5.74, 6) is 0.327. The van der Waals surface area contributed by atoms with Crippen molar-refractivity contribution < 1.29 is 23.8 Å². The van der Waals surface area contributed by atoms with Gasteiger partial charge in [-0.15, -0.1) is 0 Å². The van der Waals surface area contributed by atoms with Crippen molar-refractivity contribution in [3.8, 4) is 5.75 Å². The fourth-order valence-electron chi connectivity index (χ4n) is 1.75. The number of ether oxygens (including phenoxy) is 3. The molecule has 0 aliphatic heterocycles. The lowest BCUT2D eigenvalue weighted by molar-refractivity contribution is -0.138. The Morgan fingerprint density at radius 1 is 1.18 bits per heavy atom. The lowest BCUT2D eigenvalue weighted by Gasteiger charge is -2.12. The molecule has 0 saturated heterocycles. The summed E-state index contributed by atoms with van der Waals surface area (Å²) >= 11 is 0. The number of rotatable bonds is 9. The topological polar surface area (TPSA) is 61.8 Å². The van der Waals surface area contributed by atoms with E-state index in [0.717, 1.165) is 18.9 Å². The highest BCUT2D eigenvalue weighted by Gasteiger charge is 2.06. The molecule has 0 heterocycles. The van der Waals surface area contributed by atoms with Gasteiger partial charge in [-0.25, -0.2) is 9.59 Å². The molecule has 0 aliphatic carbocycles. The minimum absolute atomic E-state index is 0.366. The summed E-state index contributed by atoms with van der Waals surface area (Å²) in [5.41, 5.74) is 0.493. The molecule has 1 atom stereocenters. The number of esters is 2. The molecule has 1 unspecified atom stereocenters. The van der Waals surface area contributed by atoms with Crippen molar-refractivity contribution in [2.75, 3.05) is 20.3 Å². The number of hydrogen-bond donors (Lipinski definition) is 0. The van der Waals surface area contributed by atoms with E-state index < -0.39 is 5.97 Å². The normalized spacial score (nSPS) is 11.4. The number of benzene rings is 1. The van der Waals surface area contributed by atoms with Crippen LogP contribution in [0.25, 0.3) is 0 Å². The van der Waals surface area contributed by atoms with E-state index in [1.165, 1.54) is 7.11 Å². The molecule has 1 rings (SSSR count). The highest BCUT2D eigenvalue weighted by Crippen LogP contribution is 2.15. The maximum absolute atomic E-state index is 11.3. The van der Waals surface area contributed by atoms with Gasteiger partial charge >= 0.3 is 11.9 Å². The van der Waals surface area contributed by atoms with Crippen molar-refractivity contribution in [3.05, 3.63) is 42.5 Å². The highest BCUT2D eigenvalue weighted by molar-refractivity contribution is 5.89. The van der Waals surface area contributed by atoms with Gasteiger partial charge < -0.3 is 14.2 Å². The maximum Gasteiger partial charge on any atom is 0.337 e. The van der Waals surface area contributed by atoms with Crippen LogP contribution in [-0.2, 0) is 14.3 Å². The number of carbonyl (C=O) groups excluding carboxylic acids is 2. The van der Waals surface area contributed by atoms with Gasteiger partial charge in [0.1, 0.15) is 5.75 Å². The van der Waals surface area contributed by atoms with Gasteiger partial charge in [0.2, 0.25) is 0 Å². The third kappa shape index (κ3) is 6.43. The van der Waals surface area contributed by atoms with Gasteiger partial charge in [0, 0.05) is 6.08 Å². The number of carbonyl (C=O) groups is 2. The monoisotopic (exact) mass is 306 g/mol. The summed E-state index contributed by atoms with van der Waals surface area (Å²) in [6, 6.07) is 6.81. The number of hydrogen-bond acceptors (Lipinski definition) is 5. The lowest BCUT2D eigenvalue weighted by Crippen LogP contribution is -2.09. The molecule has 22 heavy (non-hydrogen) atoms. The van der Waals surface area contributed by atoms with Crippen LogP contribution in [0.4, 0.5) is 0 Å². The van der Waals surface area contributed by atoms with Crippen molar-refractivity contribution in [3.63, 3.8) is 0 Å². The van der Waals surface area contributed by atoms with Gasteiger partial charge in [0.05, 0.1) is 25.9 Å². The molecule has 1 aromatic carbocycles. The maximum atomic E-state index is 11.3. The zero-order chi connectivity index (χ0) is 16.4. The predicted octanol–water partition coefficient (Wildman–Crippen LogP) is 3.00. The molecule has 1 aromatic rings. The summed E-state index contributed by atoms with van der Waals surface area (Å²) in [7, 11) is 1.35. The van der Waals surface area contributed by atoms with E-state index >= 15 is 0 Å². The second-order valence-corrected chi connectivity index (χ2v) is 4.92. The minimum Gasteiger partial charge on any atom is -0.494 e. The molecule has 5 heteroatoms. The smallest absolute Gasteiger partial charge is 0.337 e. The first-order chi connectivity index (χ1) is 10.6. The quantitative estimate of drug-likeness (QED) is 0.518. The summed E-state index contributed by atoms with van der Waals surface area (Å²) in [4.78, 5) is 22.2. The molecule has 0 aliphatic rings. The molecular weight excluding hydrogens is 284 g/mol. The Balaban J connectivity index is 2.24. The summed E-state index contributed by atoms with van der Waals surface area (Å²) in [6.45, 7) is 6.37. The third-order valence-electron chi connectivity index (χ3n) is 3.18. The van der Waals surface area contributed by atoms with Crippen LogP contribution >= 0.6 is 0 Å². The molecule has 0 fully saturated rings. The van der Waals surface area contributed by atoms with Crippen LogP contribution in [0.5, 0.6) is 5.75 Å². The van der Waals surface area contributed by atoms with Crippen LogP contribution in [0.15, 0.2) is 36.9 Å². The highest BCUT2D eigenvalue weighted by atomic mass is 16.5.